The Balaban J connectivity index is 2.76. The molecule has 1 radical (unpaired) electrons. The van der Waals surface area contributed by atoms with Crippen molar-refractivity contribution in [3.63, 3.8) is 0 Å². The molecule has 1 rings (SSSR count). The van der Waals surface area contributed by atoms with E-state index in [1.165, 1.54) is 6.07 Å². The Morgan fingerprint density at radius 1 is 1.60 bits per heavy atom. The molecule has 0 unspecified atom stereocenters. The summed E-state index contributed by atoms with van der Waals surface area (Å²) in [6, 6.07) is 6.30. The lowest BCUT2D eigenvalue weighted by Crippen LogP contribution is -2.05. The first-order chi connectivity index (χ1) is 7.15. The molecule has 0 aromatic heterocycles. The third kappa shape index (κ3) is 3.09. The van der Waals surface area contributed by atoms with Crippen LogP contribution in [0.5, 0.6) is 5.75 Å². The van der Waals surface area contributed by atoms with E-state index in [0.29, 0.717) is 6.61 Å². The smallest absolute Gasteiger partial charge is 0.310 e. The van der Waals surface area contributed by atoms with Crippen molar-refractivity contribution in [2.75, 3.05) is 6.61 Å². The molecule has 0 bridgehead atoms. The van der Waals surface area contributed by atoms with Crippen LogP contribution in [0.1, 0.15) is 6.92 Å². The van der Waals surface area contributed by atoms with E-state index in [1.54, 1.807) is 24.3 Å². The van der Waals surface area contributed by atoms with Crippen molar-refractivity contribution in [3.8, 4) is 5.75 Å². The van der Waals surface area contributed by atoms with Crippen molar-refractivity contribution in [1.82, 2.24) is 0 Å². The van der Waals surface area contributed by atoms with Gasteiger partial charge in [-0.05, 0) is 6.07 Å². The zero-order valence-electron chi connectivity index (χ0n) is 8.47. The van der Waals surface area contributed by atoms with Gasteiger partial charge in [0.05, 0.1) is 11.5 Å². The van der Waals surface area contributed by atoms with Crippen LogP contribution in [0, 0.1) is 16.0 Å². The first-order valence-corrected chi connectivity index (χ1v) is 4.46. The number of nitro benzene ring substituents is 1. The molecule has 0 aliphatic rings. The maximum Gasteiger partial charge on any atom is 0.310 e. The van der Waals surface area contributed by atoms with Crippen LogP contribution in [0.4, 0.5) is 5.69 Å². The molecule has 0 atom stereocenters. The van der Waals surface area contributed by atoms with Gasteiger partial charge in [0.15, 0.2) is 5.75 Å². The molecule has 0 spiro atoms. The van der Waals surface area contributed by atoms with Gasteiger partial charge in [-0.2, -0.15) is 0 Å². The number of para-hydroxylation sites is 2. The minimum Gasteiger partial charge on any atom is -0.486 e. The lowest BCUT2D eigenvalue weighted by atomic mass is 10.2. The van der Waals surface area contributed by atoms with Crippen molar-refractivity contribution < 1.29 is 9.66 Å². The summed E-state index contributed by atoms with van der Waals surface area (Å²) in [5, 5.41) is 10.6. The Bertz CT molecular complexity index is 363. The van der Waals surface area contributed by atoms with Gasteiger partial charge in [-0.15, -0.1) is 6.58 Å². The lowest BCUT2D eigenvalue weighted by Gasteiger charge is -2.08. The van der Waals surface area contributed by atoms with Gasteiger partial charge in [-0.25, -0.2) is 0 Å². The number of rotatable bonds is 5. The number of nitro groups is 1. The van der Waals surface area contributed by atoms with Crippen LogP contribution < -0.4 is 4.74 Å². The number of benzene rings is 1. The van der Waals surface area contributed by atoms with Gasteiger partial charge in [0.25, 0.3) is 0 Å². The molecular formula is C11H12NO3. The van der Waals surface area contributed by atoms with Gasteiger partial charge < -0.3 is 4.74 Å². The fraction of sp³-hybridized carbons (Fsp3) is 0.182. The van der Waals surface area contributed by atoms with Crippen molar-refractivity contribution in [2.45, 2.75) is 6.92 Å². The maximum atomic E-state index is 10.6. The molecule has 0 aliphatic carbocycles. The Kier molecular flexibility index (Phi) is 3.85. The Morgan fingerprint density at radius 3 is 2.87 bits per heavy atom. The number of nitrogens with zero attached hydrogens (tertiary/aromatic N) is 1. The predicted molar refractivity (Wildman–Crippen MR) is 57.7 cm³/mol. The monoisotopic (exact) mass is 206 g/mol. The van der Waals surface area contributed by atoms with Crippen molar-refractivity contribution in [2.24, 2.45) is 0 Å². The summed E-state index contributed by atoms with van der Waals surface area (Å²) in [6.45, 7) is 5.74. The highest BCUT2D eigenvalue weighted by Crippen LogP contribution is 2.26. The minimum absolute atomic E-state index is 0.0191. The van der Waals surface area contributed by atoms with Crippen LogP contribution in [-0.4, -0.2) is 11.5 Å². The fourth-order valence-electron chi connectivity index (χ4n) is 0.981. The van der Waals surface area contributed by atoms with Crippen LogP contribution in [0.2, 0.25) is 0 Å². The summed E-state index contributed by atoms with van der Waals surface area (Å²) in [5.41, 5.74) is -0.0191. The molecule has 0 heterocycles. The molecule has 0 saturated carbocycles. The van der Waals surface area contributed by atoms with Crippen LogP contribution in [-0.2, 0) is 0 Å². The van der Waals surface area contributed by atoms with E-state index in [-0.39, 0.29) is 11.4 Å². The standard InChI is InChI=1S/C11H12NO3/c1-3-9(2)8-15-11-7-5-4-6-10(11)12(13)14/h3-7H,1,8H2,2H3. The number of ether oxygens (including phenoxy) is 1. The molecule has 0 amide bonds. The fourth-order valence-corrected chi connectivity index (χ4v) is 0.981. The molecule has 4 nitrogen and oxygen atoms in total. The highest BCUT2D eigenvalue weighted by atomic mass is 16.6. The topological polar surface area (TPSA) is 52.4 Å². The van der Waals surface area contributed by atoms with E-state index in [1.807, 2.05) is 6.92 Å². The van der Waals surface area contributed by atoms with E-state index in [4.69, 9.17) is 4.74 Å². The van der Waals surface area contributed by atoms with Gasteiger partial charge in [-0.3, -0.25) is 10.1 Å². The normalized spacial score (nSPS) is 10.0. The average Bonchev–Trinajstić information content (AvgIpc) is 2.26. The SMILES string of the molecule is C=C[C](C)COc1ccccc1[N+](=O)[O-]. The molecular weight excluding hydrogens is 194 g/mol. The summed E-state index contributed by atoms with van der Waals surface area (Å²) < 4.78 is 5.30. The largest absolute Gasteiger partial charge is 0.486 e. The molecule has 1 aromatic rings. The molecule has 4 heteroatoms. The van der Waals surface area contributed by atoms with Crippen LogP contribution in [0.3, 0.4) is 0 Å². The molecule has 0 saturated heterocycles. The second-order valence-electron chi connectivity index (χ2n) is 3.06. The van der Waals surface area contributed by atoms with E-state index >= 15 is 0 Å². The average molecular weight is 206 g/mol. The summed E-state index contributed by atoms with van der Waals surface area (Å²) >= 11 is 0. The summed E-state index contributed by atoms with van der Waals surface area (Å²) in [5.74, 6) is 1.21. The van der Waals surface area contributed by atoms with Crippen molar-refractivity contribution in [3.05, 3.63) is 53.0 Å². The highest BCUT2D eigenvalue weighted by molar-refractivity contribution is 5.45. The Hall–Kier alpha value is -1.84. The van der Waals surface area contributed by atoms with Gasteiger partial charge in [-0.1, -0.05) is 25.1 Å². The molecule has 1 aromatic carbocycles. The van der Waals surface area contributed by atoms with E-state index in [2.05, 4.69) is 6.58 Å². The lowest BCUT2D eigenvalue weighted by molar-refractivity contribution is -0.385. The number of hydrogen-bond acceptors (Lipinski definition) is 3. The van der Waals surface area contributed by atoms with E-state index < -0.39 is 4.92 Å². The second-order valence-corrected chi connectivity index (χ2v) is 3.06. The maximum absolute atomic E-state index is 10.6. The third-order valence-corrected chi connectivity index (χ3v) is 1.87. The van der Waals surface area contributed by atoms with Gasteiger partial charge in [0, 0.05) is 12.0 Å². The van der Waals surface area contributed by atoms with Crippen molar-refractivity contribution >= 4 is 5.69 Å². The van der Waals surface area contributed by atoms with E-state index in [9.17, 15) is 10.1 Å². The molecule has 15 heavy (non-hydrogen) atoms. The molecule has 79 valence electrons. The quantitative estimate of drug-likeness (QED) is 0.549. The van der Waals surface area contributed by atoms with Gasteiger partial charge in [0.2, 0.25) is 0 Å². The zero-order chi connectivity index (χ0) is 11.3. The predicted octanol–water partition coefficient (Wildman–Crippen LogP) is 2.75. The van der Waals surface area contributed by atoms with E-state index in [0.717, 1.165) is 5.92 Å². The Labute approximate surface area is 88.3 Å². The summed E-state index contributed by atoms with van der Waals surface area (Å²) in [6.07, 6.45) is 1.66. The van der Waals surface area contributed by atoms with Crippen molar-refractivity contribution in [1.29, 1.82) is 0 Å². The molecule has 0 aliphatic heterocycles. The van der Waals surface area contributed by atoms with Gasteiger partial charge in [0.1, 0.15) is 0 Å². The summed E-state index contributed by atoms with van der Waals surface area (Å²) in [7, 11) is 0. The van der Waals surface area contributed by atoms with Crippen LogP contribution >= 0.6 is 0 Å². The minimum atomic E-state index is -0.460. The van der Waals surface area contributed by atoms with Crippen LogP contribution in [0.25, 0.3) is 0 Å². The number of hydrogen-bond donors (Lipinski definition) is 0. The molecule has 0 N–H and O–H groups in total. The van der Waals surface area contributed by atoms with Crippen LogP contribution in [0.15, 0.2) is 36.9 Å². The Morgan fingerprint density at radius 2 is 2.27 bits per heavy atom. The first kappa shape index (κ1) is 11.2. The first-order valence-electron chi connectivity index (χ1n) is 4.46. The highest BCUT2D eigenvalue weighted by Gasteiger charge is 2.13. The third-order valence-electron chi connectivity index (χ3n) is 1.87. The molecule has 0 fully saturated rings. The second kappa shape index (κ2) is 5.14. The zero-order valence-corrected chi connectivity index (χ0v) is 8.47. The summed E-state index contributed by atoms with van der Waals surface area (Å²) in [4.78, 5) is 10.2. The van der Waals surface area contributed by atoms with Gasteiger partial charge >= 0.3 is 5.69 Å².